The summed E-state index contributed by atoms with van der Waals surface area (Å²) in [5, 5.41) is 11.0. The molecule has 0 aliphatic carbocycles. The van der Waals surface area contributed by atoms with Gasteiger partial charge in [0, 0.05) is 31.6 Å². The third kappa shape index (κ3) is 4.27. The molecule has 0 atom stereocenters. The first-order chi connectivity index (χ1) is 12.9. The van der Waals surface area contributed by atoms with E-state index in [9.17, 15) is 19.3 Å². The van der Waals surface area contributed by atoms with E-state index in [0.29, 0.717) is 5.75 Å². The van der Waals surface area contributed by atoms with E-state index in [4.69, 9.17) is 9.47 Å². The molecule has 138 valence electrons. The molecule has 0 saturated carbocycles. The van der Waals surface area contributed by atoms with Crippen LogP contribution in [0.15, 0.2) is 54.9 Å². The molecule has 0 fully saturated rings. The minimum Gasteiger partial charge on any atom is -0.486 e. The number of rotatable bonds is 6. The number of ether oxygens (including phenoxy) is 2. The van der Waals surface area contributed by atoms with Crippen molar-refractivity contribution in [3.63, 3.8) is 0 Å². The van der Waals surface area contributed by atoms with Crippen molar-refractivity contribution in [3.8, 4) is 11.5 Å². The standard InChI is InChI=1S/C18H14FN3O5/c1-21-9-8-20-17(21)11-26-14-5-2-12(3-6-14)18(23)27-16-10-13(19)4-7-15(16)22(24)25/h2-10H,11H2,1H3. The Labute approximate surface area is 152 Å². The molecule has 0 N–H and O–H groups in total. The molecule has 8 nitrogen and oxygen atoms in total. The van der Waals surface area contributed by atoms with E-state index < -0.39 is 28.1 Å². The van der Waals surface area contributed by atoms with Crippen LogP contribution in [0.3, 0.4) is 0 Å². The van der Waals surface area contributed by atoms with E-state index in [1.165, 1.54) is 12.1 Å². The smallest absolute Gasteiger partial charge is 0.343 e. The van der Waals surface area contributed by atoms with E-state index in [1.54, 1.807) is 24.5 Å². The zero-order valence-electron chi connectivity index (χ0n) is 14.2. The van der Waals surface area contributed by atoms with Gasteiger partial charge in [-0.15, -0.1) is 0 Å². The van der Waals surface area contributed by atoms with Gasteiger partial charge in [0.05, 0.1) is 10.5 Å². The normalized spacial score (nSPS) is 10.4. The number of nitrogens with zero attached hydrogens (tertiary/aromatic N) is 3. The highest BCUT2D eigenvalue weighted by Crippen LogP contribution is 2.28. The summed E-state index contributed by atoms with van der Waals surface area (Å²) in [6.07, 6.45) is 3.45. The summed E-state index contributed by atoms with van der Waals surface area (Å²) in [4.78, 5) is 26.5. The van der Waals surface area contributed by atoms with Crippen LogP contribution in [0.5, 0.6) is 11.5 Å². The van der Waals surface area contributed by atoms with Crippen molar-refractivity contribution in [1.82, 2.24) is 9.55 Å². The van der Waals surface area contributed by atoms with Gasteiger partial charge in [-0.1, -0.05) is 0 Å². The van der Waals surface area contributed by atoms with E-state index in [0.717, 1.165) is 24.0 Å². The molecule has 1 heterocycles. The third-order valence-electron chi connectivity index (χ3n) is 3.70. The maximum absolute atomic E-state index is 13.3. The first-order valence-corrected chi connectivity index (χ1v) is 7.79. The van der Waals surface area contributed by atoms with Crippen molar-refractivity contribution >= 4 is 11.7 Å². The van der Waals surface area contributed by atoms with Gasteiger partial charge in [-0.2, -0.15) is 0 Å². The predicted molar refractivity (Wildman–Crippen MR) is 92.0 cm³/mol. The molecule has 9 heteroatoms. The molecule has 0 amide bonds. The molecule has 0 aliphatic rings. The van der Waals surface area contributed by atoms with Gasteiger partial charge in [-0.05, 0) is 30.3 Å². The van der Waals surface area contributed by atoms with Crippen molar-refractivity contribution in [1.29, 1.82) is 0 Å². The average molecular weight is 371 g/mol. The lowest BCUT2D eigenvalue weighted by atomic mass is 10.2. The van der Waals surface area contributed by atoms with Gasteiger partial charge >= 0.3 is 11.7 Å². The van der Waals surface area contributed by atoms with Crippen LogP contribution in [-0.2, 0) is 13.7 Å². The number of carbonyl (C=O) groups is 1. The summed E-state index contributed by atoms with van der Waals surface area (Å²) in [6.45, 7) is 0.253. The number of aromatic nitrogens is 2. The zero-order valence-corrected chi connectivity index (χ0v) is 14.2. The van der Waals surface area contributed by atoms with Gasteiger partial charge in [-0.3, -0.25) is 10.1 Å². The maximum atomic E-state index is 13.3. The van der Waals surface area contributed by atoms with Gasteiger partial charge in [0.1, 0.15) is 24.0 Å². The van der Waals surface area contributed by atoms with Gasteiger partial charge in [-0.25, -0.2) is 14.2 Å². The molecule has 0 saturated heterocycles. The van der Waals surface area contributed by atoms with Crippen molar-refractivity contribution in [2.45, 2.75) is 6.61 Å². The van der Waals surface area contributed by atoms with Crippen LogP contribution >= 0.6 is 0 Å². The second-order valence-corrected chi connectivity index (χ2v) is 5.53. The van der Waals surface area contributed by atoms with Gasteiger partial charge < -0.3 is 14.0 Å². The summed E-state index contributed by atoms with van der Waals surface area (Å²) in [6, 6.07) is 8.65. The predicted octanol–water partition coefficient (Wildman–Crippen LogP) is 3.27. The van der Waals surface area contributed by atoms with E-state index >= 15 is 0 Å². The number of nitro benzene ring substituents is 1. The van der Waals surface area contributed by atoms with Crippen LogP contribution in [0, 0.1) is 15.9 Å². The minimum absolute atomic E-state index is 0.137. The number of halogens is 1. The average Bonchev–Trinajstić information content (AvgIpc) is 3.05. The van der Waals surface area contributed by atoms with Crippen LogP contribution in [-0.4, -0.2) is 20.4 Å². The Balaban J connectivity index is 1.68. The summed E-state index contributed by atoms with van der Waals surface area (Å²) in [5.74, 6) is -0.816. The summed E-state index contributed by atoms with van der Waals surface area (Å²) in [7, 11) is 1.84. The second-order valence-electron chi connectivity index (χ2n) is 5.53. The Kier molecular flexibility index (Phi) is 5.11. The lowest BCUT2D eigenvalue weighted by molar-refractivity contribution is -0.385. The molecule has 0 unspecified atom stereocenters. The monoisotopic (exact) mass is 371 g/mol. The number of hydrogen-bond donors (Lipinski definition) is 0. The molecule has 0 bridgehead atoms. The fourth-order valence-corrected chi connectivity index (χ4v) is 2.25. The summed E-state index contributed by atoms with van der Waals surface area (Å²) >= 11 is 0. The highest BCUT2D eigenvalue weighted by molar-refractivity contribution is 5.91. The molecule has 0 radical (unpaired) electrons. The lowest BCUT2D eigenvalue weighted by Gasteiger charge is -2.08. The molecule has 0 aliphatic heterocycles. The Hall–Kier alpha value is -3.75. The molecule has 27 heavy (non-hydrogen) atoms. The maximum Gasteiger partial charge on any atom is 0.343 e. The van der Waals surface area contributed by atoms with Gasteiger partial charge in [0.25, 0.3) is 0 Å². The topological polar surface area (TPSA) is 96.5 Å². The lowest BCUT2D eigenvalue weighted by Crippen LogP contribution is -2.10. The van der Waals surface area contributed by atoms with Crippen LogP contribution in [0.25, 0.3) is 0 Å². The molecule has 3 rings (SSSR count). The first-order valence-electron chi connectivity index (χ1n) is 7.79. The van der Waals surface area contributed by atoms with E-state index in [2.05, 4.69) is 4.98 Å². The molecule has 3 aromatic rings. The molecule has 0 spiro atoms. The van der Waals surface area contributed by atoms with Crippen LogP contribution in [0.1, 0.15) is 16.2 Å². The van der Waals surface area contributed by atoms with Crippen LogP contribution < -0.4 is 9.47 Å². The molecule has 1 aromatic heterocycles. The number of imidazole rings is 1. The van der Waals surface area contributed by atoms with E-state index in [-0.39, 0.29) is 12.2 Å². The van der Waals surface area contributed by atoms with E-state index in [1.807, 2.05) is 11.6 Å². The first kappa shape index (κ1) is 18.1. The Morgan fingerprint density at radius 1 is 1.26 bits per heavy atom. The Bertz CT molecular complexity index is 985. The molecular weight excluding hydrogens is 357 g/mol. The molecular formula is C18H14FN3O5. The number of esters is 1. The minimum atomic E-state index is -0.848. The number of hydrogen-bond acceptors (Lipinski definition) is 6. The Morgan fingerprint density at radius 3 is 2.63 bits per heavy atom. The largest absolute Gasteiger partial charge is 0.486 e. The number of benzene rings is 2. The number of aryl methyl sites for hydroxylation is 1. The van der Waals surface area contributed by atoms with Crippen molar-refractivity contribution < 1.29 is 23.6 Å². The molecule has 2 aromatic carbocycles. The summed E-state index contributed by atoms with van der Waals surface area (Å²) < 4.78 is 25.7. The van der Waals surface area contributed by atoms with Crippen molar-refractivity contribution in [3.05, 3.63) is 82.2 Å². The van der Waals surface area contributed by atoms with Gasteiger partial charge in [0.15, 0.2) is 0 Å². The second kappa shape index (κ2) is 7.65. The zero-order chi connectivity index (χ0) is 19.4. The number of nitro groups is 1. The van der Waals surface area contributed by atoms with Gasteiger partial charge in [0.2, 0.25) is 5.75 Å². The van der Waals surface area contributed by atoms with Crippen LogP contribution in [0.2, 0.25) is 0 Å². The van der Waals surface area contributed by atoms with Crippen molar-refractivity contribution in [2.75, 3.05) is 0 Å². The van der Waals surface area contributed by atoms with Crippen LogP contribution in [0.4, 0.5) is 10.1 Å². The Morgan fingerprint density at radius 2 is 2.00 bits per heavy atom. The highest BCUT2D eigenvalue weighted by Gasteiger charge is 2.20. The number of carbonyl (C=O) groups excluding carboxylic acids is 1. The van der Waals surface area contributed by atoms with Crippen molar-refractivity contribution in [2.24, 2.45) is 7.05 Å². The summed E-state index contributed by atoms with van der Waals surface area (Å²) in [5.41, 5.74) is -0.363. The third-order valence-corrected chi connectivity index (χ3v) is 3.70. The SMILES string of the molecule is Cn1ccnc1COc1ccc(C(=O)Oc2cc(F)ccc2[N+](=O)[O-])cc1. The highest BCUT2D eigenvalue weighted by atomic mass is 19.1. The quantitative estimate of drug-likeness (QED) is 0.286. The fraction of sp³-hybridized carbons (Fsp3) is 0.111. The fourth-order valence-electron chi connectivity index (χ4n) is 2.25.